The molecule has 4 rings (SSSR count). The van der Waals surface area contributed by atoms with Gasteiger partial charge < -0.3 is 14.7 Å². The average molecular weight is 502 g/mol. The summed E-state index contributed by atoms with van der Waals surface area (Å²) in [5.41, 5.74) is 0.306. The summed E-state index contributed by atoms with van der Waals surface area (Å²) in [5, 5.41) is 6.68. The lowest BCUT2D eigenvalue weighted by Crippen LogP contribution is -2.49. The Labute approximate surface area is 205 Å². The van der Waals surface area contributed by atoms with Crippen molar-refractivity contribution in [2.45, 2.75) is 25.9 Å². The van der Waals surface area contributed by atoms with Crippen LogP contribution < -0.4 is 15.4 Å². The second kappa shape index (κ2) is 10.8. The number of para-hydroxylation sites is 1. The Morgan fingerprint density at radius 3 is 2.36 bits per heavy atom. The van der Waals surface area contributed by atoms with Gasteiger partial charge in [0.15, 0.2) is 5.82 Å². The zero-order chi connectivity index (χ0) is 25.7. The molecule has 9 nitrogen and oxygen atoms in total. The number of aromatic nitrogens is 4. The first-order valence-electron chi connectivity index (χ1n) is 11.5. The Morgan fingerprint density at radius 1 is 1.08 bits per heavy atom. The largest absolute Gasteiger partial charge is 0.419 e. The predicted octanol–water partition coefficient (Wildman–Crippen LogP) is 3.15. The van der Waals surface area contributed by atoms with Crippen LogP contribution in [0.25, 0.3) is 0 Å². The molecule has 1 aliphatic heterocycles. The highest BCUT2D eigenvalue weighted by atomic mass is 19.4. The van der Waals surface area contributed by atoms with E-state index >= 15 is 0 Å². The van der Waals surface area contributed by atoms with E-state index in [1.807, 2.05) is 35.2 Å². The first-order valence-corrected chi connectivity index (χ1v) is 11.5. The van der Waals surface area contributed by atoms with Crippen LogP contribution in [0, 0.1) is 6.92 Å². The number of halogens is 3. The maximum absolute atomic E-state index is 12.8. The molecule has 0 bridgehead atoms. The van der Waals surface area contributed by atoms with E-state index < -0.39 is 11.7 Å². The van der Waals surface area contributed by atoms with Gasteiger partial charge in [0.25, 0.3) is 5.56 Å². The SMILES string of the molecule is Cc1cc(N(CCCC(=O)N2CCN(c3ncc(C(F)(F)F)cn3)CC2)c2ccccc2)n[nH]c1=O. The molecule has 190 valence electrons. The normalized spacial score (nSPS) is 14.1. The third kappa shape index (κ3) is 5.99. The van der Waals surface area contributed by atoms with E-state index in [1.54, 1.807) is 22.8 Å². The monoisotopic (exact) mass is 501 g/mol. The first kappa shape index (κ1) is 25.1. The first-order chi connectivity index (χ1) is 17.2. The van der Waals surface area contributed by atoms with Crippen LogP contribution in [0.15, 0.2) is 53.6 Å². The number of nitrogens with one attached hydrogen (secondary N) is 1. The molecule has 1 fully saturated rings. The molecular weight excluding hydrogens is 475 g/mol. The number of anilines is 3. The van der Waals surface area contributed by atoms with E-state index in [2.05, 4.69) is 20.2 Å². The third-order valence-corrected chi connectivity index (χ3v) is 5.97. The van der Waals surface area contributed by atoms with Gasteiger partial charge in [0.2, 0.25) is 11.9 Å². The fraction of sp³-hybridized carbons (Fsp3) is 0.375. The highest BCUT2D eigenvalue weighted by Crippen LogP contribution is 2.28. The van der Waals surface area contributed by atoms with Crippen LogP contribution in [0.4, 0.5) is 30.6 Å². The van der Waals surface area contributed by atoms with Crippen LogP contribution >= 0.6 is 0 Å². The molecule has 0 radical (unpaired) electrons. The number of benzene rings is 1. The minimum atomic E-state index is -4.48. The molecule has 0 aliphatic carbocycles. The quantitative estimate of drug-likeness (QED) is 0.531. The van der Waals surface area contributed by atoms with Crippen molar-refractivity contribution in [3.63, 3.8) is 0 Å². The topological polar surface area (TPSA) is 98.3 Å². The van der Waals surface area contributed by atoms with Gasteiger partial charge in [0.05, 0.1) is 5.56 Å². The lowest BCUT2D eigenvalue weighted by atomic mass is 10.2. The highest BCUT2D eigenvalue weighted by Gasteiger charge is 2.32. The fourth-order valence-corrected chi connectivity index (χ4v) is 3.94. The molecule has 1 amide bonds. The van der Waals surface area contributed by atoms with Crippen LogP contribution in [-0.4, -0.2) is 63.7 Å². The number of hydrogen-bond donors (Lipinski definition) is 1. The number of hydrogen-bond acceptors (Lipinski definition) is 7. The van der Waals surface area contributed by atoms with Crippen LogP contribution in [0.1, 0.15) is 24.0 Å². The minimum absolute atomic E-state index is 0.00149. The Hall–Kier alpha value is -3.96. The van der Waals surface area contributed by atoms with Crippen molar-refractivity contribution in [1.82, 2.24) is 25.1 Å². The van der Waals surface area contributed by atoms with Gasteiger partial charge in [0, 0.05) is 62.8 Å². The van der Waals surface area contributed by atoms with Crippen molar-refractivity contribution in [3.05, 3.63) is 70.3 Å². The number of rotatable bonds is 7. The number of H-pyrrole nitrogens is 1. The number of alkyl halides is 3. The van der Waals surface area contributed by atoms with E-state index in [0.29, 0.717) is 56.9 Å². The number of aryl methyl sites for hydroxylation is 1. The van der Waals surface area contributed by atoms with Gasteiger partial charge in [-0.3, -0.25) is 9.59 Å². The Bertz CT molecular complexity index is 1220. The number of piperazine rings is 1. The van der Waals surface area contributed by atoms with Crippen molar-refractivity contribution in [1.29, 1.82) is 0 Å². The molecule has 0 saturated carbocycles. The smallest absolute Gasteiger partial charge is 0.339 e. The number of amides is 1. The summed E-state index contributed by atoms with van der Waals surface area (Å²) in [6.07, 6.45) is -2.04. The van der Waals surface area contributed by atoms with Crippen molar-refractivity contribution in [2.75, 3.05) is 42.5 Å². The van der Waals surface area contributed by atoms with E-state index in [-0.39, 0.29) is 17.4 Å². The second-order valence-electron chi connectivity index (χ2n) is 8.47. The number of carbonyl (C=O) groups excluding carboxylic acids is 1. The van der Waals surface area contributed by atoms with Gasteiger partial charge in [-0.05, 0) is 31.5 Å². The molecule has 0 atom stereocenters. The lowest BCUT2D eigenvalue weighted by molar-refractivity contribution is -0.138. The van der Waals surface area contributed by atoms with E-state index in [0.717, 1.165) is 18.1 Å². The van der Waals surface area contributed by atoms with Gasteiger partial charge in [-0.25, -0.2) is 15.1 Å². The minimum Gasteiger partial charge on any atom is -0.339 e. The zero-order valence-corrected chi connectivity index (χ0v) is 19.7. The molecule has 1 N–H and O–H groups in total. The third-order valence-electron chi connectivity index (χ3n) is 5.97. The van der Waals surface area contributed by atoms with Crippen LogP contribution in [-0.2, 0) is 11.0 Å². The molecular formula is C24H26F3N7O2. The molecule has 0 spiro atoms. The van der Waals surface area contributed by atoms with E-state index in [9.17, 15) is 22.8 Å². The van der Waals surface area contributed by atoms with Gasteiger partial charge in [-0.15, -0.1) is 0 Å². The molecule has 36 heavy (non-hydrogen) atoms. The maximum atomic E-state index is 12.8. The lowest BCUT2D eigenvalue weighted by Gasteiger charge is -2.35. The molecule has 0 unspecified atom stereocenters. The Kier molecular flexibility index (Phi) is 7.51. The molecule has 1 saturated heterocycles. The van der Waals surface area contributed by atoms with E-state index in [1.165, 1.54) is 0 Å². The molecule has 12 heteroatoms. The Balaban J connectivity index is 1.32. The predicted molar refractivity (Wildman–Crippen MR) is 128 cm³/mol. The molecule has 3 heterocycles. The summed E-state index contributed by atoms with van der Waals surface area (Å²) < 4.78 is 38.2. The summed E-state index contributed by atoms with van der Waals surface area (Å²) in [7, 11) is 0. The zero-order valence-electron chi connectivity index (χ0n) is 19.7. The number of nitrogens with zero attached hydrogens (tertiary/aromatic N) is 6. The number of carbonyl (C=O) groups is 1. The standard InChI is InChI=1S/C24H26F3N7O2/c1-17-14-20(30-31-22(17)36)34(19-6-3-2-4-7-19)9-5-8-21(35)32-10-12-33(13-11-32)23-28-15-18(16-29-23)24(25,26)27/h2-4,6-7,14-16H,5,8-13H2,1H3,(H,31,36). The van der Waals surface area contributed by atoms with Gasteiger partial charge in [-0.1, -0.05) is 18.2 Å². The summed E-state index contributed by atoms with van der Waals surface area (Å²) in [6, 6.07) is 11.3. The highest BCUT2D eigenvalue weighted by molar-refractivity contribution is 5.76. The Morgan fingerprint density at radius 2 is 1.75 bits per heavy atom. The molecule has 1 aliphatic rings. The molecule has 3 aromatic rings. The molecule has 2 aromatic heterocycles. The summed E-state index contributed by atoms with van der Waals surface area (Å²) in [6.45, 7) is 3.99. The van der Waals surface area contributed by atoms with Crippen molar-refractivity contribution < 1.29 is 18.0 Å². The van der Waals surface area contributed by atoms with Crippen molar-refractivity contribution >= 4 is 23.4 Å². The van der Waals surface area contributed by atoms with Crippen LogP contribution in [0.5, 0.6) is 0 Å². The molecule has 1 aromatic carbocycles. The second-order valence-corrected chi connectivity index (χ2v) is 8.47. The van der Waals surface area contributed by atoms with Crippen LogP contribution in [0.2, 0.25) is 0 Å². The maximum Gasteiger partial charge on any atom is 0.419 e. The van der Waals surface area contributed by atoms with Gasteiger partial charge in [0.1, 0.15) is 0 Å². The summed E-state index contributed by atoms with van der Waals surface area (Å²) in [4.78, 5) is 37.7. The fourth-order valence-electron chi connectivity index (χ4n) is 3.94. The summed E-state index contributed by atoms with van der Waals surface area (Å²) >= 11 is 0. The van der Waals surface area contributed by atoms with Crippen molar-refractivity contribution in [2.24, 2.45) is 0 Å². The van der Waals surface area contributed by atoms with Crippen molar-refractivity contribution in [3.8, 4) is 0 Å². The summed E-state index contributed by atoms with van der Waals surface area (Å²) in [5.74, 6) is 0.815. The number of aromatic amines is 1. The van der Waals surface area contributed by atoms with Gasteiger partial charge in [-0.2, -0.15) is 18.3 Å². The van der Waals surface area contributed by atoms with Gasteiger partial charge >= 0.3 is 6.18 Å². The van der Waals surface area contributed by atoms with Crippen LogP contribution in [0.3, 0.4) is 0 Å². The van der Waals surface area contributed by atoms with E-state index in [4.69, 9.17) is 0 Å². The average Bonchev–Trinajstić information content (AvgIpc) is 2.88.